The maximum Gasteiger partial charge on any atom is 0.267 e. The van der Waals surface area contributed by atoms with Crippen LogP contribution in [-0.4, -0.2) is 30.5 Å². The lowest BCUT2D eigenvalue weighted by Gasteiger charge is -2.46. The largest absolute Gasteiger partial charge is 0.478 e. The number of benzene rings is 3. The minimum absolute atomic E-state index is 0.0970. The van der Waals surface area contributed by atoms with Gasteiger partial charge < -0.3 is 28.6 Å². The number of nitrogens with zero attached hydrogens (tertiary/aromatic N) is 1. The molecule has 32 heavy (non-hydrogen) atoms. The van der Waals surface area contributed by atoms with E-state index >= 15 is 0 Å². The molecule has 3 aromatic carbocycles. The van der Waals surface area contributed by atoms with Gasteiger partial charge in [-0.2, -0.15) is 0 Å². The molecule has 0 aromatic heterocycles. The Morgan fingerprint density at radius 2 is 1.50 bits per heavy atom. The topological polar surface area (TPSA) is 66.5 Å². The van der Waals surface area contributed by atoms with Gasteiger partial charge in [-0.1, -0.05) is 23.7 Å². The highest BCUT2D eigenvalue weighted by atomic mass is 35.5. The first-order valence-corrected chi connectivity index (χ1v) is 10.5. The molecule has 0 saturated carbocycles. The number of carbonyl (C=O) groups excluding carboxylic acids is 1. The molecule has 2 unspecified atom stereocenters. The normalized spacial score (nSPS) is 20.3. The summed E-state index contributed by atoms with van der Waals surface area (Å²) in [5.41, 5.74) is 1.85. The third-order valence-electron chi connectivity index (χ3n) is 5.75. The lowest BCUT2D eigenvalue weighted by Crippen LogP contribution is -2.60. The van der Waals surface area contributed by atoms with Crippen LogP contribution in [0.1, 0.15) is 17.2 Å². The standard InChI is InChI=1S/C24H18ClNO6/c25-16-3-5-17(6-4-16)32-23-22(15-2-8-19-21(10-15)31-13-29-19)26(24(23)27)11-14-1-7-18-20(9-14)30-12-28-18/h1-10,22-23H,11-13H2. The Kier molecular flexibility index (Phi) is 4.50. The van der Waals surface area contributed by atoms with E-state index in [1.807, 2.05) is 36.4 Å². The molecule has 2 atom stereocenters. The minimum atomic E-state index is -0.662. The number of rotatable bonds is 5. The fraction of sp³-hybridized carbons (Fsp3) is 0.208. The molecule has 3 aromatic rings. The van der Waals surface area contributed by atoms with Crippen LogP contribution < -0.4 is 23.7 Å². The molecular formula is C24H18ClNO6. The van der Waals surface area contributed by atoms with Gasteiger partial charge in [0.1, 0.15) is 11.8 Å². The zero-order valence-corrected chi connectivity index (χ0v) is 17.6. The van der Waals surface area contributed by atoms with E-state index in [9.17, 15) is 4.79 Å². The fourth-order valence-electron chi connectivity index (χ4n) is 4.16. The predicted molar refractivity (Wildman–Crippen MR) is 114 cm³/mol. The first kappa shape index (κ1) is 19.1. The zero-order chi connectivity index (χ0) is 21.7. The maximum atomic E-state index is 13.2. The Morgan fingerprint density at radius 1 is 0.844 bits per heavy atom. The van der Waals surface area contributed by atoms with Crippen molar-refractivity contribution in [1.82, 2.24) is 4.90 Å². The van der Waals surface area contributed by atoms with Gasteiger partial charge in [0, 0.05) is 11.6 Å². The van der Waals surface area contributed by atoms with Gasteiger partial charge in [-0.3, -0.25) is 4.79 Å². The number of hydrogen-bond donors (Lipinski definition) is 0. The monoisotopic (exact) mass is 451 g/mol. The second-order valence-electron chi connectivity index (χ2n) is 7.70. The van der Waals surface area contributed by atoms with Crippen molar-refractivity contribution in [2.24, 2.45) is 0 Å². The van der Waals surface area contributed by atoms with E-state index < -0.39 is 6.10 Å². The van der Waals surface area contributed by atoms with Crippen LogP contribution in [-0.2, 0) is 11.3 Å². The second kappa shape index (κ2) is 7.53. The highest BCUT2D eigenvalue weighted by Gasteiger charge is 2.50. The SMILES string of the molecule is O=C1C(Oc2ccc(Cl)cc2)C(c2ccc3c(c2)OCO3)N1Cc1ccc2c(c1)OCO2. The second-order valence-corrected chi connectivity index (χ2v) is 8.14. The van der Waals surface area contributed by atoms with Gasteiger partial charge in [0.25, 0.3) is 5.91 Å². The van der Waals surface area contributed by atoms with Crippen molar-refractivity contribution >= 4 is 17.5 Å². The van der Waals surface area contributed by atoms with E-state index in [2.05, 4.69) is 0 Å². The average molecular weight is 452 g/mol. The lowest BCUT2D eigenvalue weighted by molar-refractivity contribution is -0.165. The molecule has 0 N–H and O–H groups in total. The van der Waals surface area contributed by atoms with Gasteiger partial charge in [-0.05, 0) is 59.7 Å². The molecule has 3 heterocycles. The molecule has 0 aliphatic carbocycles. The van der Waals surface area contributed by atoms with E-state index in [0.29, 0.717) is 40.3 Å². The number of carbonyl (C=O) groups is 1. The van der Waals surface area contributed by atoms with Crippen LogP contribution in [0, 0.1) is 0 Å². The summed E-state index contributed by atoms with van der Waals surface area (Å²) in [6, 6.07) is 18.1. The summed E-state index contributed by atoms with van der Waals surface area (Å²) in [4.78, 5) is 14.9. The van der Waals surface area contributed by atoms with E-state index in [-0.39, 0.29) is 25.5 Å². The van der Waals surface area contributed by atoms with E-state index in [4.69, 9.17) is 35.3 Å². The molecule has 0 radical (unpaired) electrons. The molecule has 6 rings (SSSR count). The molecule has 8 heteroatoms. The van der Waals surface area contributed by atoms with Crippen molar-refractivity contribution in [1.29, 1.82) is 0 Å². The molecule has 1 amide bonds. The van der Waals surface area contributed by atoms with E-state index in [1.54, 1.807) is 29.2 Å². The van der Waals surface area contributed by atoms with Crippen LogP contribution in [0.15, 0.2) is 60.7 Å². The van der Waals surface area contributed by atoms with Crippen LogP contribution in [0.4, 0.5) is 0 Å². The Morgan fingerprint density at radius 3 is 2.25 bits per heavy atom. The fourth-order valence-corrected chi connectivity index (χ4v) is 4.28. The third-order valence-corrected chi connectivity index (χ3v) is 6.01. The molecule has 162 valence electrons. The van der Waals surface area contributed by atoms with Gasteiger partial charge in [-0.25, -0.2) is 0 Å². The number of fused-ring (bicyclic) bond motifs is 2. The number of likely N-dealkylation sites (tertiary alicyclic amines) is 1. The third kappa shape index (κ3) is 3.26. The molecule has 0 spiro atoms. The molecule has 1 fully saturated rings. The minimum Gasteiger partial charge on any atom is -0.478 e. The highest BCUT2D eigenvalue weighted by Crippen LogP contribution is 2.43. The van der Waals surface area contributed by atoms with Crippen molar-refractivity contribution in [2.45, 2.75) is 18.7 Å². The smallest absolute Gasteiger partial charge is 0.267 e. The molecule has 0 bridgehead atoms. The zero-order valence-electron chi connectivity index (χ0n) is 16.8. The predicted octanol–water partition coefficient (Wildman–Crippen LogP) is 4.33. The van der Waals surface area contributed by atoms with Crippen molar-refractivity contribution in [2.75, 3.05) is 13.6 Å². The van der Waals surface area contributed by atoms with Crippen LogP contribution in [0.3, 0.4) is 0 Å². The van der Waals surface area contributed by atoms with Gasteiger partial charge in [0.05, 0.1) is 0 Å². The Balaban J connectivity index is 1.30. The van der Waals surface area contributed by atoms with E-state index in [1.165, 1.54) is 0 Å². The van der Waals surface area contributed by atoms with E-state index in [0.717, 1.165) is 11.1 Å². The maximum absolute atomic E-state index is 13.2. The summed E-state index contributed by atoms with van der Waals surface area (Å²) >= 11 is 5.98. The molecular weight excluding hydrogens is 434 g/mol. The summed E-state index contributed by atoms with van der Waals surface area (Å²) < 4.78 is 27.9. The first-order chi connectivity index (χ1) is 15.7. The lowest BCUT2D eigenvalue weighted by atomic mass is 9.89. The number of ether oxygens (including phenoxy) is 5. The van der Waals surface area contributed by atoms with Crippen molar-refractivity contribution in [3.63, 3.8) is 0 Å². The quantitative estimate of drug-likeness (QED) is 0.538. The van der Waals surface area contributed by atoms with Crippen molar-refractivity contribution in [3.05, 3.63) is 76.8 Å². The number of amides is 1. The molecule has 3 aliphatic rings. The summed E-state index contributed by atoms with van der Waals surface area (Å²) in [6.45, 7) is 0.807. The van der Waals surface area contributed by atoms with Crippen molar-refractivity contribution < 1.29 is 28.5 Å². The van der Waals surface area contributed by atoms with Crippen LogP contribution in [0.25, 0.3) is 0 Å². The van der Waals surface area contributed by atoms with Gasteiger partial charge in [0.15, 0.2) is 23.0 Å². The van der Waals surface area contributed by atoms with Gasteiger partial charge in [0.2, 0.25) is 19.7 Å². The van der Waals surface area contributed by atoms with Crippen LogP contribution in [0.5, 0.6) is 28.7 Å². The van der Waals surface area contributed by atoms with Gasteiger partial charge >= 0.3 is 0 Å². The number of hydrogen-bond acceptors (Lipinski definition) is 6. The summed E-state index contributed by atoms with van der Waals surface area (Å²) in [7, 11) is 0. The van der Waals surface area contributed by atoms with Gasteiger partial charge in [-0.15, -0.1) is 0 Å². The molecule has 7 nitrogen and oxygen atoms in total. The Labute approximate surface area is 189 Å². The molecule has 1 saturated heterocycles. The van der Waals surface area contributed by atoms with Crippen molar-refractivity contribution in [3.8, 4) is 28.7 Å². The summed E-state index contributed by atoms with van der Waals surface area (Å²) in [5.74, 6) is 3.23. The average Bonchev–Trinajstić information content (AvgIpc) is 3.47. The molecule has 3 aliphatic heterocycles. The van der Waals surface area contributed by atoms with Crippen LogP contribution >= 0.6 is 11.6 Å². The highest BCUT2D eigenvalue weighted by molar-refractivity contribution is 6.30. The summed E-state index contributed by atoms with van der Waals surface area (Å²) in [6.07, 6.45) is -0.662. The Hall–Kier alpha value is -3.58. The summed E-state index contributed by atoms with van der Waals surface area (Å²) in [5, 5.41) is 0.606. The first-order valence-electron chi connectivity index (χ1n) is 10.2. The Bertz CT molecular complexity index is 1200. The number of β-lactam (4-membered cyclic amide) rings is 1. The van der Waals surface area contributed by atoms with Crippen LogP contribution in [0.2, 0.25) is 5.02 Å². The number of halogens is 1.